The molecule has 0 heterocycles. The highest BCUT2D eigenvalue weighted by atomic mass is 35.5. The summed E-state index contributed by atoms with van der Waals surface area (Å²) in [6.07, 6.45) is 0. The van der Waals surface area contributed by atoms with E-state index in [-0.39, 0.29) is 12.4 Å². The number of rotatable bonds is 6. The first-order valence-corrected chi connectivity index (χ1v) is 9.41. The quantitative estimate of drug-likeness (QED) is 0.449. The standard InChI is InChI=1S/C21H17Cl3FNO/c1-13-5-6-17(10-18(13)22)26-11-15-8-19(23)21(20(24)9-15)27-12-14-3-2-4-16(25)7-14/h2-10,26H,11-12H2,1H3. The number of hydrogen-bond acceptors (Lipinski definition) is 2. The molecule has 3 rings (SSSR count). The van der Waals surface area contributed by atoms with E-state index in [1.807, 2.05) is 25.1 Å². The number of anilines is 1. The molecular formula is C21H17Cl3FNO. The van der Waals surface area contributed by atoms with E-state index < -0.39 is 0 Å². The van der Waals surface area contributed by atoms with Gasteiger partial charge < -0.3 is 10.1 Å². The Morgan fingerprint density at radius 1 is 0.889 bits per heavy atom. The second-order valence-corrected chi connectivity index (χ2v) is 7.35. The normalized spacial score (nSPS) is 10.7. The lowest BCUT2D eigenvalue weighted by molar-refractivity contribution is 0.306. The maximum absolute atomic E-state index is 13.3. The van der Waals surface area contributed by atoms with Crippen LogP contribution < -0.4 is 10.1 Å². The number of benzene rings is 3. The molecule has 0 spiro atoms. The van der Waals surface area contributed by atoms with Crippen molar-refractivity contribution in [3.05, 3.63) is 92.2 Å². The zero-order valence-corrected chi connectivity index (χ0v) is 16.8. The Balaban J connectivity index is 1.67. The monoisotopic (exact) mass is 423 g/mol. The molecule has 0 aliphatic carbocycles. The number of halogens is 4. The van der Waals surface area contributed by atoms with Gasteiger partial charge in [-0.1, -0.05) is 53.0 Å². The van der Waals surface area contributed by atoms with Gasteiger partial charge in [-0.25, -0.2) is 4.39 Å². The Kier molecular flexibility index (Phi) is 6.48. The van der Waals surface area contributed by atoms with Gasteiger partial charge in [-0.2, -0.15) is 0 Å². The Hall–Kier alpha value is -1.94. The molecule has 0 unspecified atom stereocenters. The number of hydrogen-bond donors (Lipinski definition) is 1. The van der Waals surface area contributed by atoms with Crippen LogP contribution in [0.25, 0.3) is 0 Å². The summed E-state index contributed by atoms with van der Waals surface area (Å²) >= 11 is 18.8. The van der Waals surface area contributed by atoms with Crippen LogP contribution in [0.1, 0.15) is 16.7 Å². The van der Waals surface area contributed by atoms with Crippen molar-refractivity contribution < 1.29 is 9.13 Å². The molecule has 3 aromatic carbocycles. The van der Waals surface area contributed by atoms with Crippen LogP contribution in [0.15, 0.2) is 54.6 Å². The Morgan fingerprint density at radius 3 is 2.30 bits per heavy atom. The van der Waals surface area contributed by atoms with Crippen LogP contribution in [-0.4, -0.2) is 0 Å². The summed E-state index contributed by atoms with van der Waals surface area (Å²) in [6, 6.07) is 15.6. The summed E-state index contributed by atoms with van der Waals surface area (Å²) in [5, 5.41) is 4.79. The molecule has 0 saturated heterocycles. The third-order valence-corrected chi connectivity index (χ3v) is 4.97. The van der Waals surface area contributed by atoms with E-state index in [0.717, 1.165) is 16.8 Å². The third-order valence-electron chi connectivity index (χ3n) is 4.00. The second kappa shape index (κ2) is 8.83. The highest BCUT2D eigenvalue weighted by Gasteiger charge is 2.11. The van der Waals surface area contributed by atoms with Crippen molar-refractivity contribution in [1.29, 1.82) is 0 Å². The SMILES string of the molecule is Cc1ccc(NCc2cc(Cl)c(OCc3cccc(F)c3)c(Cl)c2)cc1Cl. The van der Waals surface area contributed by atoms with E-state index in [1.54, 1.807) is 24.3 Å². The zero-order chi connectivity index (χ0) is 19.4. The Bertz CT molecular complexity index is 939. The highest BCUT2D eigenvalue weighted by molar-refractivity contribution is 6.37. The molecule has 0 bridgehead atoms. The van der Waals surface area contributed by atoms with Crippen molar-refractivity contribution in [3.8, 4) is 5.75 Å². The molecule has 0 radical (unpaired) electrons. The van der Waals surface area contributed by atoms with Gasteiger partial charge in [-0.3, -0.25) is 0 Å². The van der Waals surface area contributed by atoms with Crippen LogP contribution in [0.5, 0.6) is 5.75 Å². The van der Waals surface area contributed by atoms with Crippen molar-refractivity contribution in [2.45, 2.75) is 20.1 Å². The number of nitrogens with one attached hydrogen (secondary N) is 1. The van der Waals surface area contributed by atoms with Crippen LogP contribution in [-0.2, 0) is 13.2 Å². The lowest BCUT2D eigenvalue weighted by atomic mass is 10.2. The van der Waals surface area contributed by atoms with Crippen LogP contribution in [0.4, 0.5) is 10.1 Å². The molecule has 0 aliphatic rings. The first-order valence-electron chi connectivity index (χ1n) is 8.27. The van der Waals surface area contributed by atoms with Crippen molar-refractivity contribution in [1.82, 2.24) is 0 Å². The fourth-order valence-electron chi connectivity index (χ4n) is 2.54. The molecular weight excluding hydrogens is 408 g/mol. The molecule has 0 atom stereocenters. The summed E-state index contributed by atoms with van der Waals surface area (Å²) in [5.41, 5.74) is 3.53. The molecule has 1 N–H and O–H groups in total. The molecule has 0 amide bonds. The maximum atomic E-state index is 13.3. The van der Waals surface area contributed by atoms with E-state index in [2.05, 4.69) is 5.32 Å². The molecule has 27 heavy (non-hydrogen) atoms. The van der Waals surface area contributed by atoms with Gasteiger partial charge in [0.1, 0.15) is 12.4 Å². The lowest BCUT2D eigenvalue weighted by Crippen LogP contribution is -2.01. The van der Waals surface area contributed by atoms with Gasteiger partial charge in [0.25, 0.3) is 0 Å². The number of aryl methyl sites for hydroxylation is 1. The smallest absolute Gasteiger partial charge is 0.156 e. The minimum absolute atomic E-state index is 0.177. The maximum Gasteiger partial charge on any atom is 0.156 e. The van der Waals surface area contributed by atoms with Gasteiger partial charge in [0.05, 0.1) is 10.0 Å². The van der Waals surface area contributed by atoms with E-state index in [1.165, 1.54) is 12.1 Å². The van der Waals surface area contributed by atoms with Gasteiger partial charge in [-0.05, 0) is 60.0 Å². The van der Waals surface area contributed by atoms with E-state index in [0.29, 0.717) is 32.9 Å². The molecule has 3 aromatic rings. The zero-order valence-electron chi connectivity index (χ0n) is 14.5. The Morgan fingerprint density at radius 2 is 1.63 bits per heavy atom. The minimum Gasteiger partial charge on any atom is -0.486 e. The molecule has 2 nitrogen and oxygen atoms in total. The lowest BCUT2D eigenvalue weighted by Gasteiger charge is -2.13. The average molecular weight is 425 g/mol. The highest BCUT2D eigenvalue weighted by Crippen LogP contribution is 2.35. The molecule has 0 aromatic heterocycles. The molecule has 140 valence electrons. The molecule has 6 heteroatoms. The predicted octanol–water partition coefficient (Wildman–Crippen LogP) is 7.29. The fourth-order valence-corrected chi connectivity index (χ4v) is 3.36. The number of ether oxygens (including phenoxy) is 1. The average Bonchev–Trinajstić information content (AvgIpc) is 2.62. The fraction of sp³-hybridized carbons (Fsp3) is 0.143. The van der Waals surface area contributed by atoms with Crippen LogP contribution in [0.2, 0.25) is 15.1 Å². The first-order chi connectivity index (χ1) is 12.9. The largest absolute Gasteiger partial charge is 0.486 e. The van der Waals surface area contributed by atoms with Crippen molar-refractivity contribution in [2.24, 2.45) is 0 Å². The van der Waals surface area contributed by atoms with Crippen molar-refractivity contribution >= 4 is 40.5 Å². The Labute approximate surface area is 172 Å². The van der Waals surface area contributed by atoms with Gasteiger partial charge in [0.15, 0.2) is 5.75 Å². The van der Waals surface area contributed by atoms with Crippen molar-refractivity contribution in [2.75, 3.05) is 5.32 Å². The van der Waals surface area contributed by atoms with Gasteiger partial charge in [-0.15, -0.1) is 0 Å². The topological polar surface area (TPSA) is 21.3 Å². The summed E-state index contributed by atoms with van der Waals surface area (Å²) in [4.78, 5) is 0. The van der Waals surface area contributed by atoms with Crippen molar-refractivity contribution in [3.63, 3.8) is 0 Å². The molecule has 0 aliphatic heterocycles. The van der Waals surface area contributed by atoms with E-state index in [4.69, 9.17) is 39.5 Å². The molecule has 0 fully saturated rings. The van der Waals surface area contributed by atoms with Gasteiger partial charge in [0, 0.05) is 17.3 Å². The molecule has 0 saturated carbocycles. The van der Waals surface area contributed by atoms with Crippen LogP contribution in [0.3, 0.4) is 0 Å². The third kappa shape index (κ3) is 5.29. The summed E-state index contributed by atoms with van der Waals surface area (Å²) in [6.45, 7) is 2.66. The van der Waals surface area contributed by atoms with E-state index >= 15 is 0 Å². The summed E-state index contributed by atoms with van der Waals surface area (Å²) < 4.78 is 18.9. The summed E-state index contributed by atoms with van der Waals surface area (Å²) in [5.74, 6) is 0.0654. The minimum atomic E-state index is -0.314. The van der Waals surface area contributed by atoms with Crippen LogP contribution >= 0.6 is 34.8 Å². The van der Waals surface area contributed by atoms with Gasteiger partial charge >= 0.3 is 0 Å². The second-order valence-electron chi connectivity index (χ2n) is 6.12. The van der Waals surface area contributed by atoms with Crippen LogP contribution in [0, 0.1) is 12.7 Å². The summed E-state index contributed by atoms with van der Waals surface area (Å²) in [7, 11) is 0. The van der Waals surface area contributed by atoms with E-state index in [9.17, 15) is 4.39 Å². The van der Waals surface area contributed by atoms with Gasteiger partial charge in [0.2, 0.25) is 0 Å². The first kappa shape index (κ1) is 19.8. The predicted molar refractivity (Wildman–Crippen MR) is 111 cm³/mol.